The van der Waals surface area contributed by atoms with Crippen LogP contribution in [0.25, 0.3) is 10.4 Å². The van der Waals surface area contributed by atoms with Crippen molar-refractivity contribution < 1.29 is 4.63 Å². The van der Waals surface area contributed by atoms with Gasteiger partial charge >= 0.3 is 5.56 Å². The van der Waals surface area contributed by atoms with E-state index in [1.165, 1.54) is 0 Å². The van der Waals surface area contributed by atoms with Gasteiger partial charge in [-0.25, -0.2) is 0 Å². The zero-order valence-electron chi connectivity index (χ0n) is 5.11. The average Bonchev–Trinajstić information content (AvgIpc) is 2.18. The Hall–Kier alpha value is -0.750. The minimum atomic E-state index is -0.632. The molecule has 1 heterocycles. The van der Waals surface area contributed by atoms with Crippen molar-refractivity contribution in [2.24, 2.45) is 5.11 Å². The van der Waals surface area contributed by atoms with Gasteiger partial charge in [0.25, 0.3) is 0 Å². The summed E-state index contributed by atoms with van der Waals surface area (Å²) in [4.78, 5) is 12.7. The third-order valence-electron chi connectivity index (χ3n) is 0.613. The van der Waals surface area contributed by atoms with E-state index in [9.17, 15) is 4.79 Å². The van der Waals surface area contributed by atoms with Crippen LogP contribution in [0, 0.1) is 0 Å². The number of aromatic nitrogens is 2. The van der Waals surface area contributed by atoms with E-state index >= 15 is 0 Å². The molecule has 1 radical (unpaired) electrons. The molecule has 0 bridgehead atoms. The van der Waals surface area contributed by atoms with Gasteiger partial charge in [0, 0.05) is 34.5 Å². The predicted octanol–water partition coefficient (Wildman–Crippen LogP) is -0.0761. The fourth-order valence-electron chi connectivity index (χ4n) is 0.301. The Balaban J connectivity index is 0.000000810. The smallest absolute Gasteiger partial charge is 0.267 e. The van der Waals surface area contributed by atoms with Crippen LogP contribution in [-0.2, 0) is 0 Å². The van der Waals surface area contributed by atoms with Crippen LogP contribution in [0.15, 0.2) is 14.5 Å². The maximum atomic E-state index is 10.3. The number of hydrogen-bond acceptors (Lipinski definition) is 4. The van der Waals surface area contributed by atoms with Gasteiger partial charge in [0.2, 0.25) is 5.82 Å². The number of H-pyrrole nitrogens is 1. The van der Waals surface area contributed by atoms with Crippen molar-refractivity contribution in [1.29, 1.82) is 0 Å². The third kappa shape index (κ3) is 1.89. The normalized spacial score (nSPS) is 7.60. The Morgan fingerprint density at radius 2 is 2.50 bits per heavy atom. The van der Waals surface area contributed by atoms with Gasteiger partial charge in [-0.3, -0.25) is 9.42 Å². The Kier molecular flexibility index (Phi) is 3.82. The first-order valence-electron chi connectivity index (χ1n) is 1.94. The standard InChI is InChI=1S/C2HN5O2.Na/c3-7-4-1-2(8)6-9-5-1;/h(H,6,8);. The Morgan fingerprint density at radius 3 is 2.90 bits per heavy atom. The average molecular weight is 150 g/mol. The molecule has 0 saturated heterocycles. The van der Waals surface area contributed by atoms with Crippen molar-refractivity contribution >= 4 is 35.4 Å². The molecule has 1 aromatic rings. The van der Waals surface area contributed by atoms with Gasteiger partial charge in [-0.05, 0) is 15.8 Å². The van der Waals surface area contributed by atoms with Crippen LogP contribution in [0.1, 0.15) is 0 Å². The van der Waals surface area contributed by atoms with Crippen molar-refractivity contribution in [2.45, 2.75) is 0 Å². The van der Waals surface area contributed by atoms with Crippen LogP contribution in [-0.4, -0.2) is 39.9 Å². The Labute approximate surface area is 76.3 Å². The predicted molar refractivity (Wildman–Crippen MR) is 31.7 cm³/mol. The van der Waals surface area contributed by atoms with Crippen molar-refractivity contribution in [3.05, 3.63) is 20.8 Å². The van der Waals surface area contributed by atoms with Gasteiger partial charge in [0.1, 0.15) is 0 Å². The molecule has 7 nitrogen and oxygen atoms in total. The Bertz CT molecular complexity index is 295. The molecule has 0 aromatic carbocycles. The fourth-order valence-corrected chi connectivity index (χ4v) is 0.301. The summed E-state index contributed by atoms with van der Waals surface area (Å²) < 4.78 is 4.05. The maximum absolute atomic E-state index is 10.3. The van der Waals surface area contributed by atoms with Crippen LogP contribution in [0.5, 0.6) is 0 Å². The van der Waals surface area contributed by atoms with Gasteiger partial charge in [-0.1, -0.05) is 0 Å². The molecule has 0 fully saturated rings. The van der Waals surface area contributed by atoms with Crippen molar-refractivity contribution in [3.8, 4) is 0 Å². The number of nitrogens with zero attached hydrogens (tertiary/aromatic N) is 4. The molecule has 0 aliphatic rings. The minimum Gasteiger partial charge on any atom is -0.267 e. The zero-order chi connectivity index (χ0) is 6.69. The number of rotatable bonds is 1. The number of hydrogen-bond donors (Lipinski definition) is 1. The maximum Gasteiger partial charge on any atom is 0.310 e. The molecule has 0 spiro atoms. The van der Waals surface area contributed by atoms with E-state index < -0.39 is 5.56 Å². The first-order chi connectivity index (χ1) is 4.34. The first-order valence-corrected chi connectivity index (χ1v) is 1.94. The SMILES string of the molecule is [N-]=[N+]=Nc1no[nH]c1=O.[Na]. The largest absolute Gasteiger partial charge is 0.310 e. The summed E-state index contributed by atoms with van der Waals surface area (Å²) in [5.74, 6) is -0.308. The molecule has 0 aliphatic heterocycles. The summed E-state index contributed by atoms with van der Waals surface area (Å²) in [5, 5.41) is 7.79. The number of nitrogens with one attached hydrogen (secondary N) is 1. The summed E-state index contributed by atoms with van der Waals surface area (Å²) >= 11 is 0. The van der Waals surface area contributed by atoms with E-state index in [4.69, 9.17) is 5.53 Å². The molecule has 1 rings (SSSR count). The van der Waals surface area contributed by atoms with Crippen molar-refractivity contribution in [3.63, 3.8) is 0 Å². The monoisotopic (exact) mass is 150 g/mol. The van der Waals surface area contributed by atoms with Crippen LogP contribution >= 0.6 is 0 Å². The van der Waals surface area contributed by atoms with E-state index in [2.05, 4.69) is 19.8 Å². The second-order valence-electron chi connectivity index (χ2n) is 1.13. The molecule has 10 heavy (non-hydrogen) atoms. The van der Waals surface area contributed by atoms with E-state index in [0.29, 0.717) is 0 Å². The molecule has 0 aliphatic carbocycles. The summed E-state index contributed by atoms with van der Waals surface area (Å²) in [6, 6.07) is 0. The third-order valence-corrected chi connectivity index (χ3v) is 0.613. The van der Waals surface area contributed by atoms with Crippen molar-refractivity contribution in [2.75, 3.05) is 0 Å². The van der Waals surface area contributed by atoms with E-state index in [1.54, 1.807) is 0 Å². The number of aromatic amines is 1. The summed E-state index contributed by atoms with van der Waals surface area (Å²) in [6.07, 6.45) is 0. The van der Waals surface area contributed by atoms with Crippen LogP contribution < -0.4 is 5.56 Å². The summed E-state index contributed by atoms with van der Waals surface area (Å²) in [6.45, 7) is 0. The van der Waals surface area contributed by atoms with E-state index in [0.717, 1.165) is 0 Å². The quantitative estimate of drug-likeness (QED) is 0.261. The van der Waals surface area contributed by atoms with E-state index in [1.807, 2.05) is 5.16 Å². The zero-order valence-corrected chi connectivity index (χ0v) is 7.11. The molecule has 1 aromatic heterocycles. The molecule has 0 amide bonds. The molecule has 0 saturated carbocycles. The van der Waals surface area contributed by atoms with Crippen LogP contribution in [0.2, 0.25) is 0 Å². The number of azide groups is 1. The van der Waals surface area contributed by atoms with Gasteiger partial charge in [0.15, 0.2) is 0 Å². The van der Waals surface area contributed by atoms with E-state index in [-0.39, 0.29) is 35.4 Å². The molecule has 0 unspecified atom stereocenters. The fraction of sp³-hybridized carbons (Fsp3) is 0. The van der Waals surface area contributed by atoms with Gasteiger partial charge < -0.3 is 0 Å². The van der Waals surface area contributed by atoms with Crippen LogP contribution in [0.4, 0.5) is 5.82 Å². The molecular weight excluding hydrogens is 149 g/mol. The van der Waals surface area contributed by atoms with Gasteiger partial charge in [-0.15, -0.1) is 0 Å². The molecule has 8 heteroatoms. The second kappa shape index (κ2) is 4.13. The van der Waals surface area contributed by atoms with Crippen LogP contribution in [0.3, 0.4) is 0 Å². The van der Waals surface area contributed by atoms with Gasteiger partial charge in [0.05, 0.1) is 0 Å². The minimum absolute atomic E-state index is 0. The second-order valence-corrected chi connectivity index (χ2v) is 1.13. The summed E-state index contributed by atoms with van der Waals surface area (Å²) in [5.41, 5.74) is 7.15. The molecule has 0 atom stereocenters. The van der Waals surface area contributed by atoms with Crippen molar-refractivity contribution in [1.82, 2.24) is 10.3 Å². The first kappa shape index (κ1) is 9.25. The topological polar surface area (TPSA) is 108 Å². The Morgan fingerprint density at radius 1 is 1.80 bits per heavy atom. The molecule has 47 valence electrons. The molecule has 1 N–H and O–H groups in total. The van der Waals surface area contributed by atoms with Gasteiger partial charge in [-0.2, -0.15) is 5.16 Å². The molecular formula is C2HN5NaO2. The summed E-state index contributed by atoms with van der Waals surface area (Å²) in [7, 11) is 0.